The number of carbonyl (C=O) groups excluding carboxylic acids is 1. The molecule has 1 saturated heterocycles. The number of ether oxygens (including phenoxy) is 1. The van der Waals surface area contributed by atoms with Gasteiger partial charge in [-0.3, -0.25) is 0 Å². The van der Waals surface area contributed by atoms with Gasteiger partial charge in [0.15, 0.2) is 0 Å². The lowest BCUT2D eigenvalue weighted by Crippen LogP contribution is -2.46. The van der Waals surface area contributed by atoms with E-state index in [4.69, 9.17) is 4.74 Å². The number of hydrogen-bond donors (Lipinski definition) is 2. The van der Waals surface area contributed by atoms with Crippen molar-refractivity contribution in [3.05, 3.63) is 29.8 Å². The molecule has 2 atom stereocenters. The number of benzene rings is 1. The minimum Gasteiger partial charge on any atom is -0.462 e. The van der Waals surface area contributed by atoms with Gasteiger partial charge in [-0.25, -0.2) is 17.9 Å². The lowest BCUT2D eigenvalue weighted by molar-refractivity contribution is 0.0526. The van der Waals surface area contributed by atoms with Crippen LogP contribution in [-0.4, -0.2) is 39.6 Å². The van der Waals surface area contributed by atoms with Crippen LogP contribution in [0, 0.1) is 0 Å². The van der Waals surface area contributed by atoms with Gasteiger partial charge in [-0.2, -0.15) is 0 Å². The van der Waals surface area contributed by atoms with E-state index in [1.165, 1.54) is 24.3 Å². The lowest BCUT2D eigenvalue weighted by Gasteiger charge is -2.28. The third-order valence-electron chi connectivity index (χ3n) is 3.62. The lowest BCUT2D eigenvalue weighted by atomic mass is 10.0. The Morgan fingerprint density at radius 3 is 2.57 bits per heavy atom. The average molecular weight is 363 g/mol. The monoisotopic (exact) mass is 362 g/mol. The van der Waals surface area contributed by atoms with Gasteiger partial charge in [0.05, 0.1) is 17.1 Å². The van der Waals surface area contributed by atoms with Crippen LogP contribution < -0.4 is 10.0 Å². The number of piperidine rings is 1. The third-order valence-corrected chi connectivity index (χ3v) is 5.16. The molecule has 1 aromatic carbocycles. The smallest absolute Gasteiger partial charge is 0.338 e. The molecule has 0 spiro atoms. The first-order valence-corrected chi connectivity index (χ1v) is 8.93. The quantitative estimate of drug-likeness (QED) is 0.779. The second kappa shape index (κ2) is 8.63. The van der Waals surface area contributed by atoms with Crippen molar-refractivity contribution in [2.24, 2.45) is 0 Å². The molecule has 6 nitrogen and oxygen atoms in total. The number of nitrogens with one attached hydrogen (secondary N) is 2. The zero-order valence-electron chi connectivity index (χ0n) is 13.2. The van der Waals surface area contributed by atoms with Crippen LogP contribution in [0.1, 0.15) is 37.0 Å². The van der Waals surface area contributed by atoms with Gasteiger partial charge >= 0.3 is 5.97 Å². The second-order valence-corrected chi connectivity index (χ2v) is 7.16. The molecular formula is C15H23ClN2O4S. The number of hydrogen-bond acceptors (Lipinski definition) is 5. The zero-order chi connectivity index (χ0) is 16.2. The summed E-state index contributed by atoms with van der Waals surface area (Å²) in [6.07, 6.45) is 1.53. The fourth-order valence-corrected chi connectivity index (χ4v) is 3.79. The first kappa shape index (κ1) is 19.9. The second-order valence-electron chi connectivity index (χ2n) is 5.44. The van der Waals surface area contributed by atoms with Gasteiger partial charge in [0.2, 0.25) is 10.0 Å². The Bertz CT molecular complexity index is 619. The standard InChI is InChI=1S/C15H22N2O4S.ClH/c1-3-21-15(18)12-4-6-14(7-5-12)22(19,20)17-13-8-9-16-11(2)10-13;/h4-7,11,13,16-17H,3,8-10H2,1-2H3;1H. The Morgan fingerprint density at radius 1 is 1.35 bits per heavy atom. The van der Waals surface area contributed by atoms with Gasteiger partial charge in [0, 0.05) is 12.1 Å². The van der Waals surface area contributed by atoms with Crippen LogP contribution in [0.15, 0.2) is 29.2 Å². The van der Waals surface area contributed by atoms with Gasteiger partial charge < -0.3 is 10.1 Å². The molecule has 1 aliphatic heterocycles. The molecule has 1 aromatic rings. The maximum atomic E-state index is 12.4. The highest BCUT2D eigenvalue weighted by Gasteiger charge is 2.24. The molecule has 0 aliphatic carbocycles. The molecule has 0 bridgehead atoms. The van der Waals surface area contributed by atoms with Gasteiger partial charge in [0.1, 0.15) is 0 Å². The Balaban J connectivity index is 0.00000264. The van der Waals surface area contributed by atoms with Gasteiger partial charge in [0.25, 0.3) is 0 Å². The van der Waals surface area contributed by atoms with Crippen LogP contribution in [0.5, 0.6) is 0 Å². The first-order valence-electron chi connectivity index (χ1n) is 7.45. The summed E-state index contributed by atoms with van der Waals surface area (Å²) in [4.78, 5) is 11.7. The first-order chi connectivity index (χ1) is 10.4. The summed E-state index contributed by atoms with van der Waals surface area (Å²) in [5, 5.41) is 3.28. The fourth-order valence-electron chi connectivity index (χ4n) is 2.51. The summed E-state index contributed by atoms with van der Waals surface area (Å²) in [7, 11) is -3.57. The normalized spacial score (nSPS) is 21.3. The molecule has 0 amide bonds. The van der Waals surface area contributed by atoms with Gasteiger partial charge in [-0.05, 0) is 57.5 Å². The number of carbonyl (C=O) groups is 1. The Hall–Kier alpha value is -1.15. The molecule has 0 aromatic heterocycles. The van der Waals surface area contributed by atoms with Crippen LogP contribution in [0.4, 0.5) is 0 Å². The minimum absolute atomic E-state index is 0. The maximum Gasteiger partial charge on any atom is 0.338 e. The number of rotatable bonds is 5. The zero-order valence-corrected chi connectivity index (χ0v) is 14.9. The van der Waals surface area contributed by atoms with Crippen LogP contribution in [0.25, 0.3) is 0 Å². The predicted octanol–water partition coefficient (Wildman–Crippen LogP) is 1.70. The Kier molecular flexibility index (Phi) is 7.47. The summed E-state index contributed by atoms with van der Waals surface area (Å²) < 4.78 is 32.3. The van der Waals surface area contributed by atoms with Crippen LogP contribution >= 0.6 is 12.4 Å². The molecule has 1 fully saturated rings. The third kappa shape index (κ3) is 5.46. The summed E-state index contributed by atoms with van der Waals surface area (Å²) in [5.41, 5.74) is 0.344. The van der Waals surface area contributed by atoms with E-state index in [2.05, 4.69) is 10.0 Å². The maximum absolute atomic E-state index is 12.4. The molecule has 0 saturated carbocycles. The average Bonchev–Trinajstić information content (AvgIpc) is 2.47. The SMILES string of the molecule is CCOC(=O)c1ccc(S(=O)(=O)NC2CCNC(C)C2)cc1.Cl. The number of sulfonamides is 1. The van der Waals surface area contributed by atoms with E-state index in [9.17, 15) is 13.2 Å². The highest BCUT2D eigenvalue weighted by atomic mass is 35.5. The Morgan fingerprint density at radius 2 is 2.00 bits per heavy atom. The van der Waals surface area contributed by atoms with Crippen molar-refractivity contribution >= 4 is 28.4 Å². The van der Waals surface area contributed by atoms with Crippen LogP contribution in [-0.2, 0) is 14.8 Å². The van der Waals surface area contributed by atoms with E-state index in [1.807, 2.05) is 6.92 Å². The molecule has 1 heterocycles. The van der Waals surface area contributed by atoms with E-state index in [0.29, 0.717) is 11.6 Å². The highest BCUT2D eigenvalue weighted by Crippen LogP contribution is 2.15. The predicted molar refractivity (Wildman–Crippen MR) is 90.5 cm³/mol. The molecule has 2 unspecified atom stereocenters. The van der Waals surface area contributed by atoms with E-state index in [-0.39, 0.29) is 30.0 Å². The summed E-state index contributed by atoms with van der Waals surface area (Å²) in [6.45, 7) is 4.85. The summed E-state index contributed by atoms with van der Waals surface area (Å²) in [5.74, 6) is -0.452. The van der Waals surface area contributed by atoms with E-state index >= 15 is 0 Å². The molecule has 2 N–H and O–H groups in total. The topological polar surface area (TPSA) is 84.5 Å². The Labute approximate surface area is 143 Å². The minimum atomic E-state index is -3.57. The largest absolute Gasteiger partial charge is 0.462 e. The van der Waals surface area contributed by atoms with E-state index < -0.39 is 16.0 Å². The number of esters is 1. The van der Waals surface area contributed by atoms with Crippen LogP contribution in [0.2, 0.25) is 0 Å². The fraction of sp³-hybridized carbons (Fsp3) is 0.533. The van der Waals surface area contributed by atoms with Crippen molar-refractivity contribution in [3.8, 4) is 0 Å². The van der Waals surface area contributed by atoms with Crippen molar-refractivity contribution in [2.75, 3.05) is 13.2 Å². The van der Waals surface area contributed by atoms with Gasteiger partial charge in [-0.1, -0.05) is 0 Å². The molecule has 1 aliphatic rings. The van der Waals surface area contributed by atoms with Crippen molar-refractivity contribution in [1.82, 2.24) is 10.0 Å². The summed E-state index contributed by atoms with van der Waals surface area (Å²) >= 11 is 0. The van der Waals surface area contributed by atoms with Crippen molar-refractivity contribution in [2.45, 2.75) is 43.7 Å². The molecular weight excluding hydrogens is 340 g/mol. The molecule has 2 rings (SSSR count). The van der Waals surface area contributed by atoms with Crippen molar-refractivity contribution < 1.29 is 17.9 Å². The van der Waals surface area contributed by atoms with Crippen molar-refractivity contribution in [3.63, 3.8) is 0 Å². The summed E-state index contributed by atoms with van der Waals surface area (Å²) in [6, 6.07) is 6.03. The molecule has 8 heteroatoms. The van der Waals surface area contributed by atoms with E-state index in [1.54, 1.807) is 6.92 Å². The molecule has 0 radical (unpaired) electrons. The molecule has 130 valence electrons. The van der Waals surface area contributed by atoms with Crippen molar-refractivity contribution in [1.29, 1.82) is 0 Å². The van der Waals surface area contributed by atoms with Crippen LogP contribution in [0.3, 0.4) is 0 Å². The van der Waals surface area contributed by atoms with E-state index in [0.717, 1.165) is 19.4 Å². The van der Waals surface area contributed by atoms with Gasteiger partial charge in [-0.15, -0.1) is 12.4 Å². The highest BCUT2D eigenvalue weighted by molar-refractivity contribution is 7.89. The number of halogens is 1. The molecule has 23 heavy (non-hydrogen) atoms.